The maximum atomic E-state index is 11.4. The van der Waals surface area contributed by atoms with Crippen molar-refractivity contribution in [1.29, 1.82) is 0 Å². The molecule has 27 heavy (non-hydrogen) atoms. The van der Waals surface area contributed by atoms with Gasteiger partial charge in [-0.15, -0.1) is 0 Å². The minimum Gasteiger partial charge on any atom is -0.493 e. The molecular formula is C22H31NO4. The summed E-state index contributed by atoms with van der Waals surface area (Å²) in [6.45, 7) is 5.90. The molecule has 1 aromatic rings. The molecule has 0 amide bonds. The summed E-state index contributed by atoms with van der Waals surface area (Å²) in [6.07, 6.45) is 2.42. The first-order valence-corrected chi connectivity index (χ1v) is 9.74. The lowest BCUT2D eigenvalue weighted by molar-refractivity contribution is -0.0649. The predicted molar refractivity (Wildman–Crippen MR) is 105 cm³/mol. The van der Waals surface area contributed by atoms with Crippen LogP contribution in [0.3, 0.4) is 0 Å². The number of methoxy groups -OCH3 is 2. The number of fused-ring (bicyclic) bond motifs is 3. The first-order chi connectivity index (χ1) is 12.9. The molecule has 0 spiro atoms. The molecule has 2 heterocycles. The first-order valence-electron chi connectivity index (χ1n) is 9.74. The molecular weight excluding hydrogens is 342 g/mol. The molecule has 1 fully saturated rings. The van der Waals surface area contributed by atoms with E-state index < -0.39 is 5.60 Å². The number of ether oxygens (including phenoxy) is 2. The van der Waals surface area contributed by atoms with Gasteiger partial charge in [-0.2, -0.15) is 0 Å². The molecule has 0 aliphatic carbocycles. The van der Waals surface area contributed by atoms with Gasteiger partial charge in [0.1, 0.15) is 12.2 Å². The zero-order valence-corrected chi connectivity index (χ0v) is 16.8. The molecule has 2 aliphatic rings. The van der Waals surface area contributed by atoms with Gasteiger partial charge in [0.2, 0.25) is 0 Å². The molecule has 0 saturated carbocycles. The van der Waals surface area contributed by atoms with Crippen molar-refractivity contribution in [1.82, 2.24) is 4.90 Å². The van der Waals surface area contributed by atoms with Gasteiger partial charge in [-0.1, -0.05) is 25.7 Å². The molecule has 0 bridgehead atoms. The number of piperidine rings is 1. The smallest absolute Gasteiger partial charge is 0.161 e. The van der Waals surface area contributed by atoms with Crippen LogP contribution in [0.15, 0.2) is 12.1 Å². The van der Waals surface area contributed by atoms with Crippen LogP contribution in [0, 0.1) is 23.7 Å². The van der Waals surface area contributed by atoms with Crippen molar-refractivity contribution >= 4 is 0 Å². The normalized spacial score (nSPS) is 27.4. The van der Waals surface area contributed by atoms with E-state index in [1.54, 1.807) is 14.2 Å². The number of rotatable bonds is 4. The molecule has 3 rings (SSSR count). The molecule has 1 saturated heterocycles. The van der Waals surface area contributed by atoms with E-state index in [1.165, 1.54) is 11.1 Å². The Labute approximate surface area is 162 Å². The largest absolute Gasteiger partial charge is 0.493 e. The fourth-order valence-electron chi connectivity index (χ4n) is 4.62. The van der Waals surface area contributed by atoms with Gasteiger partial charge < -0.3 is 19.7 Å². The number of hydrogen-bond donors (Lipinski definition) is 2. The third kappa shape index (κ3) is 3.94. The van der Waals surface area contributed by atoms with Crippen molar-refractivity contribution in [2.75, 3.05) is 33.9 Å². The van der Waals surface area contributed by atoms with Gasteiger partial charge in [0.25, 0.3) is 0 Å². The highest BCUT2D eigenvalue weighted by Gasteiger charge is 2.47. The van der Waals surface area contributed by atoms with Gasteiger partial charge in [0.15, 0.2) is 11.5 Å². The van der Waals surface area contributed by atoms with E-state index in [0.29, 0.717) is 18.1 Å². The van der Waals surface area contributed by atoms with Crippen molar-refractivity contribution in [2.24, 2.45) is 11.8 Å². The third-order valence-corrected chi connectivity index (χ3v) is 5.89. The predicted octanol–water partition coefficient (Wildman–Crippen LogP) is 2.40. The summed E-state index contributed by atoms with van der Waals surface area (Å²) >= 11 is 0. The van der Waals surface area contributed by atoms with Crippen LogP contribution in [0.4, 0.5) is 0 Å². The summed E-state index contributed by atoms with van der Waals surface area (Å²) in [5, 5.41) is 20.6. The van der Waals surface area contributed by atoms with Gasteiger partial charge in [-0.05, 0) is 42.0 Å². The Kier molecular flexibility index (Phi) is 6.00. The zero-order chi connectivity index (χ0) is 19.6. The van der Waals surface area contributed by atoms with Gasteiger partial charge in [-0.25, -0.2) is 0 Å². The van der Waals surface area contributed by atoms with Crippen LogP contribution < -0.4 is 9.47 Å². The van der Waals surface area contributed by atoms with Crippen LogP contribution >= 0.6 is 0 Å². The molecule has 0 unspecified atom stereocenters. The highest BCUT2D eigenvalue weighted by Crippen LogP contribution is 2.46. The topological polar surface area (TPSA) is 62.2 Å². The molecule has 0 aromatic heterocycles. The van der Waals surface area contributed by atoms with Crippen LogP contribution in [-0.4, -0.2) is 54.6 Å². The van der Waals surface area contributed by atoms with Crippen LogP contribution in [0.5, 0.6) is 11.5 Å². The second-order valence-electron chi connectivity index (χ2n) is 8.08. The zero-order valence-electron chi connectivity index (χ0n) is 16.8. The van der Waals surface area contributed by atoms with Gasteiger partial charge in [0.05, 0.1) is 14.2 Å². The maximum absolute atomic E-state index is 11.4. The monoisotopic (exact) mass is 373 g/mol. The van der Waals surface area contributed by atoms with Gasteiger partial charge >= 0.3 is 0 Å². The fraction of sp³-hybridized carbons (Fsp3) is 0.636. The third-order valence-electron chi connectivity index (χ3n) is 5.89. The van der Waals surface area contributed by atoms with E-state index in [2.05, 4.69) is 36.7 Å². The Balaban J connectivity index is 1.99. The number of hydrogen-bond acceptors (Lipinski definition) is 5. The van der Waals surface area contributed by atoms with Crippen LogP contribution in [0.1, 0.15) is 43.9 Å². The lowest BCUT2D eigenvalue weighted by Crippen LogP contribution is -2.54. The van der Waals surface area contributed by atoms with Gasteiger partial charge in [-0.3, -0.25) is 4.90 Å². The van der Waals surface area contributed by atoms with Gasteiger partial charge in [0, 0.05) is 31.5 Å². The van der Waals surface area contributed by atoms with E-state index >= 15 is 0 Å². The molecule has 5 heteroatoms. The SMILES string of the molecule is COc1cc2c(cc1OC)[C@H]1C[C@](O)(C#CCO)[C@H](CC(C)C)CN1CC2. The average Bonchev–Trinajstić information content (AvgIpc) is 2.65. The lowest BCUT2D eigenvalue weighted by atomic mass is 9.71. The lowest BCUT2D eigenvalue weighted by Gasteiger charge is -2.50. The number of nitrogens with zero attached hydrogens (tertiary/aromatic N) is 1. The average molecular weight is 373 g/mol. The Morgan fingerprint density at radius 1 is 1.26 bits per heavy atom. The Bertz CT molecular complexity index is 736. The summed E-state index contributed by atoms with van der Waals surface area (Å²) < 4.78 is 11.0. The minimum atomic E-state index is -1.09. The van der Waals surface area contributed by atoms with Crippen molar-refractivity contribution in [3.63, 3.8) is 0 Å². The minimum absolute atomic E-state index is 0.0782. The van der Waals surface area contributed by atoms with E-state index in [-0.39, 0.29) is 18.6 Å². The van der Waals surface area contributed by atoms with E-state index in [9.17, 15) is 10.2 Å². The highest BCUT2D eigenvalue weighted by atomic mass is 16.5. The van der Waals surface area contributed by atoms with Crippen molar-refractivity contribution < 1.29 is 19.7 Å². The number of aliphatic hydroxyl groups is 2. The van der Waals surface area contributed by atoms with E-state index in [4.69, 9.17) is 9.47 Å². The summed E-state index contributed by atoms with van der Waals surface area (Å²) in [4.78, 5) is 2.47. The van der Waals surface area contributed by atoms with Crippen molar-refractivity contribution in [3.8, 4) is 23.3 Å². The second-order valence-corrected chi connectivity index (χ2v) is 8.08. The Morgan fingerprint density at radius 3 is 2.59 bits per heavy atom. The Morgan fingerprint density at radius 2 is 1.96 bits per heavy atom. The van der Waals surface area contributed by atoms with Crippen molar-refractivity contribution in [2.45, 2.75) is 44.8 Å². The molecule has 0 radical (unpaired) electrons. The standard InChI is InChI=1S/C22H31NO4/c1-15(2)10-17-14-23-8-6-16-11-20(26-3)21(27-4)12-18(16)19(23)13-22(17,25)7-5-9-24/h11-12,15,17,19,24-25H,6,8-10,13-14H2,1-4H3/t17-,19-,22-/m1/s1. The summed E-state index contributed by atoms with van der Waals surface area (Å²) in [5.74, 6) is 7.72. The number of aliphatic hydroxyl groups excluding tert-OH is 1. The van der Waals surface area contributed by atoms with Crippen molar-refractivity contribution in [3.05, 3.63) is 23.3 Å². The quantitative estimate of drug-likeness (QED) is 0.794. The molecule has 5 nitrogen and oxygen atoms in total. The molecule has 2 aliphatic heterocycles. The Hall–Kier alpha value is -1.74. The summed E-state index contributed by atoms with van der Waals surface area (Å²) in [5.41, 5.74) is 1.34. The van der Waals surface area contributed by atoms with Crippen LogP contribution in [-0.2, 0) is 6.42 Å². The van der Waals surface area contributed by atoms with Crippen LogP contribution in [0.25, 0.3) is 0 Å². The molecule has 2 N–H and O–H groups in total. The molecule has 1 aromatic carbocycles. The maximum Gasteiger partial charge on any atom is 0.161 e. The molecule has 3 atom stereocenters. The van der Waals surface area contributed by atoms with E-state index in [0.717, 1.165) is 31.7 Å². The highest BCUT2D eigenvalue weighted by molar-refractivity contribution is 5.50. The second kappa shape index (κ2) is 8.10. The fourth-order valence-corrected chi connectivity index (χ4v) is 4.62. The number of benzene rings is 1. The summed E-state index contributed by atoms with van der Waals surface area (Å²) in [6, 6.07) is 4.20. The van der Waals surface area contributed by atoms with E-state index in [1.807, 2.05) is 6.07 Å². The molecule has 148 valence electrons. The first kappa shape index (κ1) is 20.0. The summed E-state index contributed by atoms with van der Waals surface area (Å²) in [7, 11) is 3.30. The van der Waals surface area contributed by atoms with Crippen LogP contribution in [0.2, 0.25) is 0 Å².